The largest absolute Gasteiger partial charge is 0.354 e. The van der Waals surface area contributed by atoms with E-state index in [-0.39, 0.29) is 17.6 Å². The van der Waals surface area contributed by atoms with Gasteiger partial charge in [0.05, 0.1) is 0 Å². The zero-order chi connectivity index (χ0) is 20.8. The van der Waals surface area contributed by atoms with Gasteiger partial charge in [-0.3, -0.25) is 15.0 Å². The predicted molar refractivity (Wildman–Crippen MR) is 110 cm³/mol. The van der Waals surface area contributed by atoms with Crippen LogP contribution in [0.2, 0.25) is 0 Å². The molecular weight excluding hydrogens is 395 g/mol. The molecule has 3 amide bonds. The third kappa shape index (κ3) is 5.48. The number of anilines is 1. The van der Waals surface area contributed by atoms with Crippen LogP contribution in [-0.4, -0.2) is 53.5 Å². The van der Waals surface area contributed by atoms with E-state index < -0.39 is 11.9 Å². The third-order valence-corrected chi connectivity index (χ3v) is 5.75. The van der Waals surface area contributed by atoms with Gasteiger partial charge in [0.2, 0.25) is 5.95 Å². The maximum Gasteiger partial charge on any atom is 0.321 e. The van der Waals surface area contributed by atoms with E-state index in [1.807, 2.05) is 6.92 Å². The minimum Gasteiger partial charge on any atom is -0.354 e. The summed E-state index contributed by atoms with van der Waals surface area (Å²) in [6.45, 7) is 4.83. The molecule has 0 aromatic carbocycles. The predicted octanol–water partition coefficient (Wildman–Crippen LogP) is 2.56. The lowest BCUT2D eigenvalue weighted by Crippen LogP contribution is -2.32. The van der Waals surface area contributed by atoms with Crippen molar-refractivity contribution in [2.75, 3.05) is 32.0 Å². The maximum atomic E-state index is 14.4. The first-order chi connectivity index (χ1) is 14.0. The summed E-state index contributed by atoms with van der Waals surface area (Å²) in [6.07, 6.45) is 3.42. The lowest BCUT2D eigenvalue weighted by atomic mass is 9.90. The van der Waals surface area contributed by atoms with Crippen LogP contribution in [0.5, 0.6) is 0 Å². The van der Waals surface area contributed by atoms with Crippen molar-refractivity contribution in [2.24, 2.45) is 0 Å². The summed E-state index contributed by atoms with van der Waals surface area (Å²) in [6, 6.07) is 2.99. The minimum atomic E-state index is -0.562. The van der Waals surface area contributed by atoms with Crippen LogP contribution in [0.15, 0.2) is 18.3 Å². The number of carbonyl (C=O) groups excluding carboxylic acids is 2. The molecule has 0 saturated carbocycles. The molecule has 0 radical (unpaired) electrons. The third-order valence-electron chi connectivity index (χ3n) is 4.86. The topological polar surface area (TPSA) is 99.3 Å². The number of hydrogen-bond acceptors (Lipinski definition) is 6. The van der Waals surface area contributed by atoms with Gasteiger partial charge in [0.1, 0.15) is 5.69 Å². The van der Waals surface area contributed by atoms with Crippen LogP contribution in [0.3, 0.4) is 0 Å². The summed E-state index contributed by atoms with van der Waals surface area (Å²) >= 11 is 1.45. The highest BCUT2D eigenvalue weighted by molar-refractivity contribution is 7.15. The molecule has 2 aromatic rings. The van der Waals surface area contributed by atoms with Crippen molar-refractivity contribution >= 4 is 28.4 Å². The van der Waals surface area contributed by atoms with Crippen LogP contribution in [0.4, 0.5) is 14.3 Å². The molecule has 1 aliphatic heterocycles. The Hall–Kier alpha value is -2.59. The van der Waals surface area contributed by atoms with Gasteiger partial charge in [-0.2, -0.15) is 4.39 Å². The minimum absolute atomic E-state index is 0.0911. The number of likely N-dealkylation sites (tertiary alicyclic amines) is 1. The summed E-state index contributed by atoms with van der Waals surface area (Å²) in [4.78, 5) is 34.6. The number of aromatic nitrogens is 2. The van der Waals surface area contributed by atoms with E-state index in [0.717, 1.165) is 37.4 Å². The van der Waals surface area contributed by atoms with Crippen molar-refractivity contribution in [1.82, 2.24) is 25.5 Å². The number of carbonyl (C=O) groups is 2. The Balaban J connectivity index is 1.53. The van der Waals surface area contributed by atoms with Crippen LogP contribution in [-0.2, 0) is 6.54 Å². The number of urea groups is 1. The number of halogens is 1. The molecule has 29 heavy (non-hydrogen) atoms. The Morgan fingerprint density at radius 3 is 2.72 bits per heavy atom. The summed E-state index contributed by atoms with van der Waals surface area (Å²) in [5.41, 5.74) is 0.664. The van der Waals surface area contributed by atoms with E-state index in [1.54, 1.807) is 18.3 Å². The number of hydrogen-bond donors (Lipinski definition) is 3. The van der Waals surface area contributed by atoms with Crippen molar-refractivity contribution in [3.63, 3.8) is 0 Å². The Labute approximate surface area is 172 Å². The van der Waals surface area contributed by atoms with Gasteiger partial charge in [-0.15, -0.1) is 11.3 Å². The number of amides is 3. The second-order valence-electron chi connectivity index (χ2n) is 6.82. The quantitative estimate of drug-likeness (QED) is 0.624. The SMILES string of the molecule is CCNC(=O)Nc1ncc(CN2CCC(c3ccc(C(=O)NC)nc3F)CC2)s1. The lowest BCUT2D eigenvalue weighted by Gasteiger charge is -2.31. The zero-order valence-corrected chi connectivity index (χ0v) is 17.3. The molecular formula is C19H25FN6O2S. The van der Waals surface area contributed by atoms with E-state index in [2.05, 4.69) is 30.8 Å². The van der Waals surface area contributed by atoms with Crippen LogP contribution in [0.25, 0.3) is 0 Å². The molecule has 1 aliphatic rings. The molecule has 10 heteroatoms. The molecule has 156 valence electrons. The number of piperidine rings is 1. The summed E-state index contributed by atoms with van der Waals surface area (Å²) in [5.74, 6) is -0.863. The summed E-state index contributed by atoms with van der Waals surface area (Å²) < 4.78 is 14.4. The molecule has 0 atom stereocenters. The van der Waals surface area contributed by atoms with E-state index in [1.165, 1.54) is 18.4 Å². The molecule has 3 rings (SSSR count). The number of nitrogens with one attached hydrogen (secondary N) is 3. The van der Waals surface area contributed by atoms with Crippen molar-refractivity contribution in [1.29, 1.82) is 0 Å². The number of thiazole rings is 1. The van der Waals surface area contributed by atoms with Crippen molar-refractivity contribution in [2.45, 2.75) is 32.2 Å². The molecule has 1 saturated heterocycles. The van der Waals surface area contributed by atoms with Gasteiger partial charge in [0.25, 0.3) is 5.91 Å². The Kier molecular flexibility index (Phi) is 7.10. The Morgan fingerprint density at radius 1 is 1.31 bits per heavy atom. The van der Waals surface area contributed by atoms with Gasteiger partial charge >= 0.3 is 6.03 Å². The molecule has 0 aliphatic carbocycles. The van der Waals surface area contributed by atoms with Crippen molar-refractivity contribution in [3.05, 3.63) is 40.4 Å². The average molecular weight is 421 g/mol. The first kappa shape index (κ1) is 21.1. The monoisotopic (exact) mass is 420 g/mol. The van der Waals surface area contributed by atoms with E-state index in [4.69, 9.17) is 0 Å². The first-order valence-corrected chi connectivity index (χ1v) is 10.4. The molecule has 3 N–H and O–H groups in total. The maximum absolute atomic E-state index is 14.4. The number of rotatable bonds is 6. The Morgan fingerprint density at radius 2 is 2.07 bits per heavy atom. The van der Waals surface area contributed by atoms with Crippen molar-refractivity contribution < 1.29 is 14.0 Å². The van der Waals surface area contributed by atoms with Crippen LogP contribution < -0.4 is 16.0 Å². The van der Waals surface area contributed by atoms with E-state index in [0.29, 0.717) is 17.2 Å². The van der Waals surface area contributed by atoms with Crippen molar-refractivity contribution in [3.8, 4) is 0 Å². The Bertz CT molecular complexity index is 866. The molecule has 0 unspecified atom stereocenters. The van der Waals surface area contributed by atoms with Crippen LogP contribution in [0.1, 0.15) is 46.6 Å². The smallest absolute Gasteiger partial charge is 0.321 e. The highest BCUT2D eigenvalue weighted by atomic mass is 32.1. The highest BCUT2D eigenvalue weighted by Gasteiger charge is 2.24. The number of nitrogens with zero attached hydrogens (tertiary/aromatic N) is 3. The molecule has 1 fully saturated rings. The van der Waals surface area contributed by atoms with Crippen LogP contribution in [0, 0.1) is 5.95 Å². The summed E-state index contributed by atoms with van der Waals surface area (Å²) in [5, 5.41) is 8.41. The number of pyridine rings is 1. The standard InChI is InChI=1S/C19H25FN6O2S/c1-3-22-18(28)25-19-23-10-13(29-19)11-26-8-6-12(7-9-26)14-4-5-15(17(27)21-2)24-16(14)20/h4-5,10,12H,3,6-9,11H2,1-2H3,(H,21,27)(H2,22,23,25,28). The van der Waals surface area contributed by atoms with Gasteiger partial charge in [-0.1, -0.05) is 6.07 Å². The first-order valence-electron chi connectivity index (χ1n) is 9.60. The summed E-state index contributed by atoms with van der Waals surface area (Å²) in [7, 11) is 1.49. The van der Waals surface area contributed by atoms with Gasteiger partial charge < -0.3 is 10.6 Å². The fraction of sp³-hybridized carbons (Fsp3) is 0.474. The normalized spacial score (nSPS) is 15.1. The molecule has 0 spiro atoms. The average Bonchev–Trinajstić information content (AvgIpc) is 3.14. The van der Waals surface area contributed by atoms with Gasteiger partial charge in [-0.05, 0) is 44.8 Å². The second-order valence-corrected chi connectivity index (χ2v) is 7.94. The highest BCUT2D eigenvalue weighted by Crippen LogP contribution is 2.30. The fourth-order valence-electron chi connectivity index (χ4n) is 3.37. The van der Waals surface area contributed by atoms with Gasteiger partial charge in [0.15, 0.2) is 5.13 Å². The molecule has 8 nitrogen and oxygen atoms in total. The molecule has 2 aromatic heterocycles. The zero-order valence-electron chi connectivity index (χ0n) is 16.5. The second kappa shape index (κ2) is 9.75. The van der Waals surface area contributed by atoms with E-state index >= 15 is 0 Å². The van der Waals surface area contributed by atoms with Gasteiger partial charge in [0, 0.05) is 36.8 Å². The molecule has 3 heterocycles. The lowest BCUT2D eigenvalue weighted by molar-refractivity contribution is 0.0957. The molecule has 0 bridgehead atoms. The van der Waals surface area contributed by atoms with Crippen LogP contribution >= 0.6 is 11.3 Å². The fourth-order valence-corrected chi connectivity index (χ4v) is 4.22. The van der Waals surface area contributed by atoms with E-state index in [9.17, 15) is 14.0 Å². The van der Waals surface area contributed by atoms with Gasteiger partial charge in [-0.25, -0.2) is 14.8 Å².